The summed E-state index contributed by atoms with van der Waals surface area (Å²) in [5.74, 6) is 0.893. The van der Waals surface area contributed by atoms with Gasteiger partial charge in [-0.3, -0.25) is 0 Å². The van der Waals surface area contributed by atoms with Gasteiger partial charge in [0.25, 0.3) is 0 Å². The summed E-state index contributed by atoms with van der Waals surface area (Å²) in [7, 11) is 2.15. The van der Waals surface area contributed by atoms with Gasteiger partial charge in [-0.25, -0.2) is 9.97 Å². The van der Waals surface area contributed by atoms with Crippen LogP contribution >= 0.6 is 0 Å². The van der Waals surface area contributed by atoms with Crippen molar-refractivity contribution < 1.29 is 0 Å². The second kappa shape index (κ2) is 4.42. The third-order valence-electron chi connectivity index (χ3n) is 3.89. The molecule has 0 spiro atoms. The van der Waals surface area contributed by atoms with Gasteiger partial charge in [-0.15, -0.1) is 0 Å². The number of nitrogens with zero attached hydrogens (tertiary/aromatic N) is 6. The smallest absolute Gasteiger partial charge is 0.229 e. The molecule has 0 N–H and O–H groups in total. The molecule has 20 heavy (non-hydrogen) atoms. The molecule has 3 aromatic rings. The van der Waals surface area contributed by atoms with Gasteiger partial charge in [-0.1, -0.05) is 12.1 Å². The highest BCUT2D eigenvalue weighted by atomic mass is 15.4. The second-order valence-corrected chi connectivity index (χ2v) is 5.21. The number of para-hydroxylation sites is 1. The molecule has 0 bridgehead atoms. The van der Waals surface area contributed by atoms with E-state index in [9.17, 15) is 0 Å². The number of aromatic nitrogens is 4. The zero-order valence-corrected chi connectivity index (χ0v) is 11.4. The molecule has 102 valence electrons. The molecule has 1 saturated heterocycles. The van der Waals surface area contributed by atoms with Crippen molar-refractivity contribution in [1.82, 2.24) is 24.5 Å². The Hall–Kier alpha value is -2.21. The van der Waals surface area contributed by atoms with Crippen LogP contribution in [0.25, 0.3) is 16.6 Å². The van der Waals surface area contributed by atoms with Gasteiger partial charge in [-0.2, -0.15) is 9.61 Å². The Labute approximate surface area is 116 Å². The van der Waals surface area contributed by atoms with Gasteiger partial charge in [0.1, 0.15) is 6.33 Å². The van der Waals surface area contributed by atoms with E-state index >= 15 is 0 Å². The highest BCUT2D eigenvalue weighted by molar-refractivity contribution is 5.92. The Morgan fingerprint density at radius 3 is 2.70 bits per heavy atom. The number of fused-ring (bicyclic) bond motifs is 3. The van der Waals surface area contributed by atoms with Crippen molar-refractivity contribution in [3.05, 3.63) is 30.6 Å². The lowest BCUT2D eigenvalue weighted by molar-refractivity contribution is 0.310. The number of likely N-dealkylation sites (N-methyl/N-ethyl adjacent to an activating group) is 1. The minimum absolute atomic E-state index is 0.879. The van der Waals surface area contributed by atoms with Crippen molar-refractivity contribution in [2.45, 2.75) is 0 Å². The Bertz CT molecular complexity index is 757. The maximum absolute atomic E-state index is 4.79. The minimum Gasteiger partial charge on any atom is -0.338 e. The number of anilines is 1. The number of rotatable bonds is 1. The summed E-state index contributed by atoms with van der Waals surface area (Å²) in [5, 5.41) is 5.40. The lowest BCUT2D eigenvalue weighted by Crippen LogP contribution is -2.45. The van der Waals surface area contributed by atoms with Crippen LogP contribution in [-0.2, 0) is 0 Å². The maximum Gasteiger partial charge on any atom is 0.229 e. The third kappa shape index (κ3) is 1.72. The third-order valence-corrected chi connectivity index (χ3v) is 3.89. The molecule has 1 aliphatic rings. The largest absolute Gasteiger partial charge is 0.338 e. The molecule has 3 heterocycles. The van der Waals surface area contributed by atoms with Crippen molar-refractivity contribution >= 4 is 22.5 Å². The minimum atomic E-state index is 0.879. The first-order valence-electron chi connectivity index (χ1n) is 6.85. The SMILES string of the molecule is CN1CCN(c2nc3ccccc3c3ncnn23)CC1. The van der Waals surface area contributed by atoms with Crippen LogP contribution < -0.4 is 4.90 Å². The molecular weight excluding hydrogens is 252 g/mol. The van der Waals surface area contributed by atoms with Gasteiger partial charge in [0.15, 0.2) is 5.65 Å². The van der Waals surface area contributed by atoms with Crippen LogP contribution in [0.3, 0.4) is 0 Å². The van der Waals surface area contributed by atoms with Gasteiger partial charge < -0.3 is 9.80 Å². The van der Waals surface area contributed by atoms with Crippen molar-refractivity contribution in [1.29, 1.82) is 0 Å². The Balaban J connectivity index is 1.90. The van der Waals surface area contributed by atoms with Gasteiger partial charge in [0, 0.05) is 31.6 Å². The molecule has 0 radical (unpaired) electrons. The molecule has 1 aromatic carbocycles. The zero-order chi connectivity index (χ0) is 13.5. The molecule has 1 fully saturated rings. The fraction of sp³-hybridized carbons (Fsp3) is 0.357. The van der Waals surface area contributed by atoms with Crippen LogP contribution in [0.15, 0.2) is 30.6 Å². The van der Waals surface area contributed by atoms with E-state index in [1.54, 1.807) is 6.33 Å². The van der Waals surface area contributed by atoms with Gasteiger partial charge in [0.05, 0.1) is 5.52 Å². The zero-order valence-electron chi connectivity index (χ0n) is 11.4. The van der Waals surface area contributed by atoms with E-state index in [1.807, 2.05) is 28.8 Å². The first kappa shape index (κ1) is 11.6. The summed E-state index contributed by atoms with van der Waals surface area (Å²) in [6.45, 7) is 4.03. The van der Waals surface area contributed by atoms with E-state index in [-0.39, 0.29) is 0 Å². The number of hydrogen-bond donors (Lipinski definition) is 0. The van der Waals surface area contributed by atoms with Crippen molar-refractivity contribution in [3.63, 3.8) is 0 Å². The van der Waals surface area contributed by atoms with E-state index in [2.05, 4.69) is 26.9 Å². The van der Waals surface area contributed by atoms with Gasteiger partial charge in [-0.05, 0) is 19.2 Å². The molecule has 0 unspecified atom stereocenters. The van der Waals surface area contributed by atoms with Crippen LogP contribution in [0, 0.1) is 0 Å². The van der Waals surface area contributed by atoms with Crippen molar-refractivity contribution in [3.8, 4) is 0 Å². The van der Waals surface area contributed by atoms with E-state index < -0.39 is 0 Å². The van der Waals surface area contributed by atoms with E-state index in [4.69, 9.17) is 4.98 Å². The first-order chi connectivity index (χ1) is 9.83. The Morgan fingerprint density at radius 1 is 1.05 bits per heavy atom. The summed E-state index contributed by atoms with van der Waals surface area (Å²) in [6, 6.07) is 8.09. The standard InChI is InChI=1S/C14H16N6/c1-18-6-8-19(9-7-18)14-17-12-5-3-2-4-11(12)13-15-10-16-20(13)14/h2-5,10H,6-9H2,1H3. The van der Waals surface area contributed by atoms with Crippen LogP contribution in [0.1, 0.15) is 0 Å². The molecule has 1 aliphatic heterocycles. The van der Waals surface area contributed by atoms with E-state index in [0.717, 1.165) is 48.7 Å². The lowest BCUT2D eigenvalue weighted by atomic mass is 10.2. The average molecular weight is 268 g/mol. The Kier molecular flexibility index (Phi) is 2.56. The predicted molar refractivity (Wildman–Crippen MR) is 78.0 cm³/mol. The highest BCUT2D eigenvalue weighted by Gasteiger charge is 2.19. The van der Waals surface area contributed by atoms with Crippen LogP contribution in [0.5, 0.6) is 0 Å². The molecule has 2 aromatic heterocycles. The lowest BCUT2D eigenvalue weighted by Gasteiger charge is -2.33. The number of piperazine rings is 1. The van der Waals surface area contributed by atoms with Crippen molar-refractivity contribution in [2.75, 3.05) is 38.1 Å². The first-order valence-corrected chi connectivity index (χ1v) is 6.85. The fourth-order valence-electron chi connectivity index (χ4n) is 2.70. The summed E-state index contributed by atoms with van der Waals surface area (Å²) >= 11 is 0. The molecule has 0 aliphatic carbocycles. The Morgan fingerprint density at radius 2 is 1.85 bits per heavy atom. The monoisotopic (exact) mass is 268 g/mol. The summed E-state index contributed by atoms with van der Waals surface area (Å²) in [6.07, 6.45) is 1.60. The van der Waals surface area contributed by atoms with Crippen LogP contribution in [-0.4, -0.2) is 57.7 Å². The topological polar surface area (TPSA) is 49.6 Å². The molecule has 4 rings (SSSR count). The molecule has 6 nitrogen and oxygen atoms in total. The highest BCUT2D eigenvalue weighted by Crippen LogP contribution is 2.22. The summed E-state index contributed by atoms with van der Waals surface area (Å²) in [4.78, 5) is 13.8. The van der Waals surface area contributed by atoms with E-state index in [0.29, 0.717) is 0 Å². The molecule has 0 saturated carbocycles. The summed E-state index contributed by atoms with van der Waals surface area (Å²) < 4.78 is 1.85. The van der Waals surface area contributed by atoms with Crippen LogP contribution in [0.2, 0.25) is 0 Å². The fourth-order valence-corrected chi connectivity index (χ4v) is 2.70. The molecule has 0 amide bonds. The summed E-state index contributed by atoms with van der Waals surface area (Å²) in [5.41, 5.74) is 1.85. The van der Waals surface area contributed by atoms with Gasteiger partial charge >= 0.3 is 0 Å². The normalized spacial score (nSPS) is 17.1. The quantitative estimate of drug-likeness (QED) is 0.660. The molecule has 6 heteroatoms. The number of hydrogen-bond acceptors (Lipinski definition) is 5. The van der Waals surface area contributed by atoms with E-state index in [1.165, 1.54) is 0 Å². The van der Waals surface area contributed by atoms with Crippen molar-refractivity contribution in [2.24, 2.45) is 0 Å². The number of benzene rings is 1. The molecule has 0 atom stereocenters. The average Bonchev–Trinajstić information content (AvgIpc) is 2.97. The maximum atomic E-state index is 4.79. The predicted octanol–water partition coefficient (Wildman–Crippen LogP) is 1.03. The second-order valence-electron chi connectivity index (χ2n) is 5.21. The van der Waals surface area contributed by atoms with Crippen LogP contribution in [0.4, 0.5) is 5.95 Å². The van der Waals surface area contributed by atoms with Gasteiger partial charge in [0.2, 0.25) is 5.95 Å². The molecular formula is C14H16N6.